The van der Waals surface area contributed by atoms with Gasteiger partial charge in [-0.2, -0.15) is 0 Å². The number of benzene rings is 1. The van der Waals surface area contributed by atoms with Crippen LogP contribution in [-0.4, -0.2) is 153 Å². The van der Waals surface area contributed by atoms with Crippen molar-refractivity contribution in [3.63, 3.8) is 0 Å². The van der Waals surface area contributed by atoms with Crippen LogP contribution < -0.4 is 5.32 Å². The predicted octanol–water partition coefficient (Wildman–Crippen LogP) is -0.453. The lowest BCUT2D eigenvalue weighted by atomic mass is 9.85. The molecule has 3 saturated heterocycles. The van der Waals surface area contributed by atoms with E-state index in [1.807, 2.05) is 6.07 Å². The van der Waals surface area contributed by atoms with E-state index in [-0.39, 0.29) is 38.5 Å². The van der Waals surface area contributed by atoms with Gasteiger partial charge in [0.15, 0.2) is 18.7 Å². The molecule has 1 aromatic rings. The van der Waals surface area contributed by atoms with Crippen molar-refractivity contribution in [3.8, 4) is 0 Å². The second-order valence-electron chi connectivity index (χ2n) is 14.0. The van der Waals surface area contributed by atoms with E-state index in [9.17, 15) is 45.3 Å². The summed E-state index contributed by atoms with van der Waals surface area (Å²) in [6.45, 7) is 0.666. The molecule has 14 atom stereocenters. The summed E-state index contributed by atoms with van der Waals surface area (Å²) >= 11 is 0. The van der Waals surface area contributed by atoms with Crippen LogP contribution in [0.3, 0.4) is 0 Å². The first kappa shape index (κ1) is 40.7. The molecule has 0 bridgehead atoms. The van der Waals surface area contributed by atoms with E-state index in [1.54, 1.807) is 24.3 Å². The Balaban J connectivity index is 1.31. The average Bonchev–Trinajstić information content (AvgIpc) is 3.15. The fraction of sp³-hybridized carbons (Fsp3) is 0.771. The third kappa shape index (κ3) is 10.4. The van der Waals surface area contributed by atoms with Gasteiger partial charge in [-0.05, 0) is 31.2 Å². The van der Waals surface area contributed by atoms with E-state index in [0.717, 1.165) is 37.7 Å². The topological polar surface area (TPSA) is 252 Å². The highest BCUT2D eigenvalue weighted by Crippen LogP contribution is 2.34. The Kier molecular flexibility index (Phi) is 15.0. The summed E-state index contributed by atoms with van der Waals surface area (Å²) in [7, 11) is 0. The molecule has 0 radical (unpaired) electrons. The first-order chi connectivity index (χ1) is 25.0. The SMILES string of the molecule is C[C@@H]1OC(OC2[C@@H](CNC(=O)OCc3ccccc3)OCC[C@H]2O[C@@H]2O[C@H](CO)[C@H](O)[C@H](OC(CC3CCCCC3)C(=O)O)[C@H]2O)[C@@H](O)[C@H](O)[C@@H]1O. The van der Waals surface area contributed by atoms with Crippen molar-refractivity contribution < 1.29 is 78.5 Å². The van der Waals surface area contributed by atoms with Gasteiger partial charge in [-0.25, -0.2) is 9.59 Å². The lowest BCUT2D eigenvalue weighted by Gasteiger charge is -2.47. The molecule has 1 saturated carbocycles. The molecule has 4 fully saturated rings. The maximum Gasteiger partial charge on any atom is 0.407 e. The molecule has 8 N–H and O–H groups in total. The number of amides is 1. The molecule has 0 spiro atoms. The number of carbonyl (C=O) groups excluding carboxylic acids is 1. The van der Waals surface area contributed by atoms with Crippen LogP contribution in [0.4, 0.5) is 4.79 Å². The summed E-state index contributed by atoms with van der Waals surface area (Å²) < 4.78 is 40.9. The Labute approximate surface area is 301 Å². The number of aliphatic hydroxyl groups is 6. The number of alkyl carbamates (subject to hydrolysis) is 1. The fourth-order valence-corrected chi connectivity index (χ4v) is 7.20. The molecule has 0 aromatic heterocycles. The first-order valence-electron chi connectivity index (χ1n) is 18.0. The Hall–Kier alpha value is -2.52. The Morgan fingerprint density at radius 2 is 1.56 bits per heavy atom. The molecule has 5 rings (SSSR count). The van der Waals surface area contributed by atoms with Crippen molar-refractivity contribution in [2.24, 2.45) is 5.92 Å². The highest BCUT2D eigenvalue weighted by Gasteiger charge is 2.51. The van der Waals surface area contributed by atoms with Crippen LogP contribution in [0.25, 0.3) is 0 Å². The van der Waals surface area contributed by atoms with Crippen molar-refractivity contribution in [2.75, 3.05) is 19.8 Å². The zero-order valence-corrected chi connectivity index (χ0v) is 29.1. The van der Waals surface area contributed by atoms with Crippen molar-refractivity contribution in [1.82, 2.24) is 5.32 Å². The van der Waals surface area contributed by atoms with Crippen LogP contribution in [0.5, 0.6) is 0 Å². The van der Waals surface area contributed by atoms with E-state index in [4.69, 9.17) is 33.2 Å². The van der Waals surface area contributed by atoms with Crippen molar-refractivity contribution in [2.45, 2.75) is 144 Å². The summed E-state index contributed by atoms with van der Waals surface area (Å²) in [5.74, 6) is -1.15. The number of carboxylic acids is 1. The summed E-state index contributed by atoms with van der Waals surface area (Å²) in [4.78, 5) is 24.9. The highest BCUT2D eigenvalue weighted by atomic mass is 16.7. The molecule has 3 heterocycles. The summed E-state index contributed by atoms with van der Waals surface area (Å²) in [6.07, 6.45) is -15.2. The zero-order valence-electron chi connectivity index (χ0n) is 29.1. The largest absolute Gasteiger partial charge is 0.479 e. The highest BCUT2D eigenvalue weighted by molar-refractivity contribution is 5.72. The lowest BCUT2D eigenvalue weighted by molar-refractivity contribution is -0.355. The molecular formula is C35H53NO16. The molecular weight excluding hydrogens is 690 g/mol. The van der Waals surface area contributed by atoms with Gasteiger partial charge in [-0.3, -0.25) is 0 Å². The molecule has 1 aromatic carbocycles. The van der Waals surface area contributed by atoms with Gasteiger partial charge in [-0.15, -0.1) is 0 Å². The molecule has 3 aliphatic heterocycles. The van der Waals surface area contributed by atoms with Crippen molar-refractivity contribution in [1.29, 1.82) is 0 Å². The van der Waals surface area contributed by atoms with Gasteiger partial charge in [0.1, 0.15) is 61.5 Å². The minimum atomic E-state index is -1.73. The van der Waals surface area contributed by atoms with Crippen molar-refractivity contribution >= 4 is 12.1 Å². The number of rotatable bonds is 14. The minimum absolute atomic E-state index is 0.00544. The molecule has 1 aliphatic carbocycles. The number of carboxylic acid groups (broad SMARTS) is 1. The molecule has 17 heteroatoms. The van der Waals surface area contributed by atoms with Crippen LogP contribution in [0, 0.1) is 5.92 Å². The standard InChI is InChI=1S/C35H53NO16/c1-18-25(38)27(40)28(41)33(48-18)52-30-21(12-13-46-23(30)15-36-35(45)47-17-20-10-6-3-7-11-20)50-34-29(42)31(26(39)24(16-37)51-34)49-22(32(43)44)14-19-8-4-2-5-9-19/h3,6-7,10-11,18-19,21-31,33-34,37-42H,2,4-5,8-9,12-17H2,1H3,(H,36,45)(H,43,44)/t18-,21+,22?,23+,24+,25+,26-,27+,28-,29+,30?,31-,33?,34+/m0/s1. The number of hydrogen-bond donors (Lipinski definition) is 8. The van der Waals surface area contributed by atoms with E-state index >= 15 is 0 Å². The number of hydrogen-bond acceptors (Lipinski definition) is 15. The van der Waals surface area contributed by atoms with Crippen LogP contribution in [0.1, 0.15) is 57.4 Å². The number of aliphatic hydroxyl groups excluding tert-OH is 6. The van der Waals surface area contributed by atoms with Crippen LogP contribution in [-0.2, 0) is 44.6 Å². The minimum Gasteiger partial charge on any atom is -0.479 e. The van der Waals surface area contributed by atoms with E-state index in [0.29, 0.717) is 0 Å². The van der Waals surface area contributed by atoms with Crippen LogP contribution >= 0.6 is 0 Å². The number of ether oxygens (including phenoxy) is 7. The number of carbonyl (C=O) groups is 2. The summed E-state index contributed by atoms with van der Waals surface area (Å²) in [5.41, 5.74) is 0.767. The van der Waals surface area contributed by atoms with Gasteiger partial charge in [-0.1, -0.05) is 62.4 Å². The Morgan fingerprint density at radius 1 is 0.846 bits per heavy atom. The van der Waals surface area contributed by atoms with E-state index in [2.05, 4.69) is 5.32 Å². The van der Waals surface area contributed by atoms with Crippen LogP contribution in [0.15, 0.2) is 30.3 Å². The second-order valence-corrected chi connectivity index (χ2v) is 14.0. The maximum absolute atomic E-state index is 12.6. The predicted molar refractivity (Wildman–Crippen MR) is 176 cm³/mol. The molecule has 4 aliphatic rings. The number of nitrogens with one attached hydrogen (secondary N) is 1. The molecule has 17 nitrogen and oxygen atoms in total. The number of aliphatic carboxylic acids is 1. The second kappa shape index (κ2) is 19.2. The molecule has 3 unspecified atom stereocenters. The van der Waals surface area contributed by atoms with E-state index in [1.165, 1.54) is 6.92 Å². The molecule has 52 heavy (non-hydrogen) atoms. The normalized spacial score (nSPS) is 37.9. The van der Waals surface area contributed by atoms with Crippen LogP contribution in [0.2, 0.25) is 0 Å². The van der Waals surface area contributed by atoms with Gasteiger partial charge in [0, 0.05) is 13.2 Å². The van der Waals surface area contributed by atoms with E-state index < -0.39 is 104 Å². The Morgan fingerprint density at radius 3 is 2.25 bits per heavy atom. The van der Waals surface area contributed by atoms with Gasteiger partial charge in [0.2, 0.25) is 0 Å². The summed E-state index contributed by atoms with van der Waals surface area (Å²) in [6, 6.07) is 9.03. The first-order valence-corrected chi connectivity index (χ1v) is 18.0. The average molecular weight is 744 g/mol. The smallest absolute Gasteiger partial charge is 0.407 e. The quantitative estimate of drug-likeness (QED) is 0.120. The molecule has 1 amide bonds. The van der Waals surface area contributed by atoms with Gasteiger partial charge >= 0.3 is 12.1 Å². The Bertz CT molecular complexity index is 1250. The van der Waals surface area contributed by atoms with Gasteiger partial charge in [0.05, 0.1) is 18.8 Å². The third-order valence-electron chi connectivity index (χ3n) is 10.2. The van der Waals surface area contributed by atoms with Gasteiger partial charge < -0.3 is 74.2 Å². The maximum atomic E-state index is 12.6. The van der Waals surface area contributed by atoms with Gasteiger partial charge in [0.25, 0.3) is 0 Å². The molecule has 294 valence electrons. The third-order valence-corrected chi connectivity index (χ3v) is 10.2. The zero-order chi connectivity index (χ0) is 37.4. The lowest BCUT2D eigenvalue weighted by Crippen LogP contribution is -2.64. The van der Waals surface area contributed by atoms with Crippen molar-refractivity contribution in [3.05, 3.63) is 35.9 Å². The fourth-order valence-electron chi connectivity index (χ4n) is 7.20. The summed E-state index contributed by atoms with van der Waals surface area (Å²) in [5, 5.41) is 76.5. The monoisotopic (exact) mass is 743 g/mol.